The second-order valence-electron chi connectivity index (χ2n) is 5.15. The molecule has 3 heteroatoms. The Hall–Kier alpha value is -1.51. The van der Waals surface area contributed by atoms with Crippen molar-refractivity contribution in [1.82, 2.24) is 5.32 Å². The molecule has 2 aliphatic rings. The van der Waals surface area contributed by atoms with Gasteiger partial charge in [0.2, 0.25) is 0 Å². The second-order valence-corrected chi connectivity index (χ2v) is 5.15. The molecule has 3 rings (SSSR count). The molecule has 1 unspecified atom stereocenters. The highest BCUT2D eigenvalue weighted by atomic mass is 16.1. The third kappa shape index (κ3) is 2.14. The van der Waals surface area contributed by atoms with E-state index in [0.717, 1.165) is 18.5 Å². The Morgan fingerprint density at radius 3 is 3.06 bits per heavy atom. The smallest absolute Gasteiger partial charge is 0.251 e. The van der Waals surface area contributed by atoms with E-state index in [4.69, 9.17) is 0 Å². The van der Waals surface area contributed by atoms with Crippen LogP contribution in [0.1, 0.15) is 35.7 Å². The average Bonchev–Trinajstić information content (AvgIpc) is 3.07. The number of amides is 1. The summed E-state index contributed by atoms with van der Waals surface area (Å²) in [5.74, 6) is 0.772. The third-order valence-electron chi connectivity index (χ3n) is 3.77. The summed E-state index contributed by atoms with van der Waals surface area (Å²) >= 11 is 0. The molecule has 1 aliphatic heterocycles. The van der Waals surface area contributed by atoms with Crippen LogP contribution in [0.25, 0.3) is 0 Å². The standard InChI is InChI=1S/C14H18N2O/c1-9(10-2-3-10)16-14(17)12-4-5-13-11(8-12)6-7-15-13/h4-5,8-10,15H,2-3,6-7H2,1H3,(H,16,17). The molecule has 1 heterocycles. The zero-order valence-corrected chi connectivity index (χ0v) is 10.1. The van der Waals surface area contributed by atoms with Crippen LogP contribution in [0.5, 0.6) is 0 Å². The number of hydrogen-bond donors (Lipinski definition) is 2. The van der Waals surface area contributed by atoms with Crippen molar-refractivity contribution in [2.75, 3.05) is 11.9 Å². The Balaban J connectivity index is 1.72. The number of hydrogen-bond acceptors (Lipinski definition) is 2. The second kappa shape index (κ2) is 4.06. The van der Waals surface area contributed by atoms with E-state index >= 15 is 0 Å². The third-order valence-corrected chi connectivity index (χ3v) is 3.77. The monoisotopic (exact) mass is 230 g/mol. The summed E-state index contributed by atoms with van der Waals surface area (Å²) in [5.41, 5.74) is 3.23. The maximum absolute atomic E-state index is 12.1. The largest absolute Gasteiger partial charge is 0.384 e. The van der Waals surface area contributed by atoms with E-state index in [1.54, 1.807) is 0 Å². The summed E-state index contributed by atoms with van der Waals surface area (Å²) in [6.45, 7) is 3.09. The highest BCUT2D eigenvalue weighted by molar-refractivity contribution is 5.95. The van der Waals surface area contributed by atoms with Crippen LogP contribution < -0.4 is 10.6 Å². The van der Waals surface area contributed by atoms with Crippen LogP contribution in [0, 0.1) is 5.92 Å². The van der Waals surface area contributed by atoms with Crippen molar-refractivity contribution in [1.29, 1.82) is 0 Å². The van der Waals surface area contributed by atoms with E-state index in [1.165, 1.54) is 24.1 Å². The lowest BCUT2D eigenvalue weighted by atomic mass is 10.1. The molecule has 1 fully saturated rings. The van der Waals surface area contributed by atoms with E-state index in [9.17, 15) is 4.79 Å². The summed E-state index contributed by atoms with van der Waals surface area (Å²) < 4.78 is 0. The van der Waals surface area contributed by atoms with E-state index in [0.29, 0.717) is 12.0 Å². The minimum Gasteiger partial charge on any atom is -0.384 e. The lowest BCUT2D eigenvalue weighted by Crippen LogP contribution is -2.33. The van der Waals surface area contributed by atoms with Gasteiger partial charge in [-0.1, -0.05) is 0 Å². The van der Waals surface area contributed by atoms with Crippen LogP contribution in [-0.2, 0) is 6.42 Å². The van der Waals surface area contributed by atoms with Gasteiger partial charge in [0.15, 0.2) is 0 Å². The summed E-state index contributed by atoms with van der Waals surface area (Å²) in [7, 11) is 0. The average molecular weight is 230 g/mol. The molecule has 90 valence electrons. The predicted molar refractivity (Wildman–Crippen MR) is 68.3 cm³/mol. The summed E-state index contributed by atoms with van der Waals surface area (Å²) in [6, 6.07) is 6.25. The maximum atomic E-state index is 12.1. The van der Waals surface area contributed by atoms with E-state index in [-0.39, 0.29) is 5.91 Å². The fraction of sp³-hybridized carbons (Fsp3) is 0.500. The summed E-state index contributed by atoms with van der Waals surface area (Å²) in [5, 5.41) is 6.39. The predicted octanol–water partition coefficient (Wildman–Crippen LogP) is 2.18. The molecule has 0 radical (unpaired) electrons. The van der Waals surface area contributed by atoms with Gasteiger partial charge in [-0.15, -0.1) is 0 Å². The Labute approximate surface area is 102 Å². The summed E-state index contributed by atoms with van der Waals surface area (Å²) in [6.07, 6.45) is 3.54. The normalized spacial score (nSPS) is 19.4. The number of fused-ring (bicyclic) bond motifs is 1. The van der Waals surface area contributed by atoms with Crippen molar-refractivity contribution < 1.29 is 4.79 Å². The fourth-order valence-electron chi connectivity index (χ4n) is 2.45. The van der Waals surface area contributed by atoms with Crippen molar-refractivity contribution in [3.63, 3.8) is 0 Å². The molecule has 1 saturated carbocycles. The van der Waals surface area contributed by atoms with Crippen LogP contribution >= 0.6 is 0 Å². The van der Waals surface area contributed by atoms with Gasteiger partial charge in [0.25, 0.3) is 5.91 Å². The van der Waals surface area contributed by atoms with Crippen LogP contribution in [0.15, 0.2) is 18.2 Å². The molecule has 0 saturated heterocycles. The molecular weight excluding hydrogens is 212 g/mol. The van der Waals surface area contributed by atoms with Crippen LogP contribution in [0.3, 0.4) is 0 Å². The molecule has 17 heavy (non-hydrogen) atoms. The van der Waals surface area contributed by atoms with Gasteiger partial charge in [0, 0.05) is 23.8 Å². The van der Waals surface area contributed by atoms with Crippen molar-refractivity contribution in [2.45, 2.75) is 32.2 Å². The number of carbonyl (C=O) groups is 1. The number of nitrogens with one attached hydrogen (secondary N) is 2. The van der Waals surface area contributed by atoms with Crippen LogP contribution in [-0.4, -0.2) is 18.5 Å². The Kier molecular flexibility index (Phi) is 2.54. The van der Waals surface area contributed by atoms with Gasteiger partial charge < -0.3 is 10.6 Å². The minimum absolute atomic E-state index is 0.0686. The number of carbonyl (C=O) groups excluding carboxylic acids is 1. The van der Waals surface area contributed by atoms with Gasteiger partial charge >= 0.3 is 0 Å². The van der Waals surface area contributed by atoms with Gasteiger partial charge in [-0.25, -0.2) is 0 Å². The molecule has 1 atom stereocenters. The number of benzene rings is 1. The molecule has 1 aliphatic carbocycles. The zero-order chi connectivity index (χ0) is 11.8. The first-order valence-electron chi connectivity index (χ1n) is 6.42. The van der Waals surface area contributed by atoms with E-state index < -0.39 is 0 Å². The lowest BCUT2D eigenvalue weighted by molar-refractivity contribution is 0.0936. The molecule has 0 spiro atoms. The topological polar surface area (TPSA) is 41.1 Å². The lowest BCUT2D eigenvalue weighted by Gasteiger charge is -2.13. The van der Waals surface area contributed by atoms with Gasteiger partial charge in [-0.3, -0.25) is 4.79 Å². The molecule has 3 nitrogen and oxygen atoms in total. The minimum atomic E-state index is 0.0686. The highest BCUT2D eigenvalue weighted by Crippen LogP contribution is 2.32. The first-order valence-corrected chi connectivity index (χ1v) is 6.42. The quantitative estimate of drug-likeness (QED) is 0.835. The van der Waals surface area contributed by atoms with E-state index in [1.807, 2.05) is 18.2 Å². The fourth-order valence-corrected chi connectivity index (χ4v) is 2.45. The van der Waals surface area contributed by atoms with Gasteiger partial charge in [0.05, 0.1) is 0 Å². The van der Waals surface area contributed by atoms with Crippen molar-refractivity contribution in [3.8, 4) is 0 Å². The molecule has 1 aromatic carbocycles. The van der Waals surface area contributed by atoms with Crippen molar-refractivity contribution in [2.24, 2.45) is 5.92 Å². The van der Waals surface area contributed by atoms with Gasteiger partial charge in [-0.2, -0.15) is 0 Å². The van der Waals surface area contributed by atoms with Crippen LogP contribution in [0.4, 0.5) is 5.69 Å². The maximum Gasteiger partial charge on any atom is 0.251 e. The molecule has 1 aromatic rings. The summed E-state index contributed by atoms with van der Waals surface area (Å²) in [4.78, 5) is 12.1. The molecule has 1 amide bonds. The zero-order valence-electron chi connectivity index (χ0n) is 10.1. The molecule has 0 bridgehead atoms. The highest BCUT2D eigenvalue weighted by Gasteiger charge is 2.29. The van der Waals surface area contributed by atoms with Gasteiger partial charge in [0.1, 0.15) is 0 Å². The SMILES string of the molecule is CC(NC(=O)c1ccc2c(c1)CCN2)C1CC1. The molecule has 2 N–H and O–H groups in total. The molecular formula is C14H18N2O. The van der Waals surface area contributed by atoms with Crippen molar-refractivity contribution in [3.05, 3.63) is 29.3 Å². The molecule has 0 aromatic heterocycles. The van der Waals surface area contributed by atoms with E-state index in [2.05, 4.69) is 17.6 Å². The van der Waals surface area contributed by atoms with Crippen LogP contribution in [0.2, 0.25) is 0 Å². The number of rotatable bonds is 3. The Morgan fingerprint density at radius 2 is 2.29 bits per heavy atom. The number of anilines is 1. The Bertz CT molecular complexity index is 452. The Morgan fingerprint density at radius 1 is 1.47 bits per heavy atom. The first-order chi connectivity index (χ1) is 8.24. The van der Waals surface area contributed by atoms with Gasteiger partial charge in [-0.05, 0) is 55.9 Å². The first kappa shape index (κ1) is 10.6. The van der Waals surface area contributed by atoms with Crippen molar-refractivity contribution >= 4 is 11.6 Å².